The third kappa shape index (κ3) is 3.18. The van der Waals surface area contributed by atoms with Gasteiger partial charge in [-0.15, -0.1) is 0 Å². The molecule has 2 aromatic rings. The minimum atomic E-state index is -1.64. The molecule has 0 saturated carbocycles. The lowest BCUT2D eigenvalue weighted by molar-refractivity contribution is 0.289. The van der Waals surface area contributed by atoms with Crippen LogP contribution in [0.15, 0.2) is 36.4 Å². The van der Waals surface area contributed by atoms with E-state index in [2.05, 4.69) is 0 Å². The minimum absolute atomic E-state index is 0.0123. The Morgan fingerprint density at radius 1 is 1.10 bits per heavy atom. The highest BCUT2D eigenvalue weighted by Crippen LogP contribution is 2.19. The molecule has 0 fully saturated rings. The molecule has 0 bridgehead atoms. The number of hydrogen-bond donors (Lipinski definition) is 2. The first kappa shape index (κ1) is 14.6. The van der Waals surface area contributed by atoms with Crippen LogP contribution in [0, 0.1) is 19.7 Å². The van der Waals surface area contributed by atoms with Crippen LogP contribution >= 0.6 is 0 Å². The number of aryl methyl sites for hydroxylation is 2. The molecule has 0 aliphatic rings. The predicted molar refractivity (Wildman–Crippen MR) is 76.5 cm³/mol. The average Bonchev–Trinajstić information content (AvgIpc) is 2.39. The molecule has 20 heavy (non-hydrogen) atoms. The van der Waals surface area contributed by atoms with Crippen LogP contribution in [0.1, 0.15) is 16.7 Å². The van der Waals surface area contributed by atoms with E-state index in [4.69, 9.17) is 14.8 Å². The Balaban J connectivity index is 2.20. The van der Waals surface area contributed by atoms with Crippen molar-refractivity contribution in [1.29, 1.82) is 0 Å². The molecule has 0 amide bonds. The van der Waals surface area contributed by atoms with Crippen LogP contribution in [0.2, 0.25) is 0 Å². The van der Waals surface area contributed by atoms with E-state index in [1.54, 1.807) is 0 Å². The molecule has 0 saturated heterocycles. The first-order valence-corrected chi connectivity index (χ1v) is 6.32. The zero-order valence-corrected chi connectivity index (χ0v) is 11.4. The van der Waals surface area contributed by atoms with Gasteiger partial charge in [0.2, 0.25) is 0 Å². The highest BCUT2D eigenvalue weighted by Gasteiger charge is 2.14. The maximum absolute atomic E-state index is 13.6. The number of benzene rings is 2. The molecular formula is C15H16BFO3. The standard InChI is InChI=1S/C15H16BFO3/c1-10-4-3-5-11(2)13(10)9-20-15-8-12(16(18)19)6-7-14(15)17/h3-8,18-19H,9H2,1-2H3. The van der Waals surface area contributed by atoms with Gasteiger partial charge in [0.25, 0.3) is 0 Å². The van der Waals surface area contributed by atoms with Crippen LogP contribution in [0.3, 0.4) is 0 Å². The van der Waals surface area contributed by atoms with Crippen molar-refractivity contribution in [3.05, 3.63) is 58.9 Å². The Kier molecular flexibility index (Phi) is 4.42. The molecule has 0 heterocycles. The lowest BCUT2D eigenvalue weighted by Crippen LogP contribution is -2.29. The molecule has 3 nitrogen and oxygen atoms in total. The van der Waals surface area contributed by atoms with Crippen LogP contribution in [0.25, 0.3) is 0 Å². The molecule has 2 aromatic carbocycles. The summed E-state index contributed by atoms with van der Waals surface area (Å²) >= 11 is 0. The largest absolute Gasteiger partial charge is 0.488 e. The summed E-state index contributed by atoms with van der Waals surface area (Å²) in [5, 5.41) is 18.2. The first-order valence-electron chi connectivity index (χ1n) is 6.32. The van der Waals surface area contributed by atoms with E-state index >= 15 is 0 Å². The number of rotatable bonds is 4. The Bertz CT molecular complexity index is 594. The van der Waals surface area contributed by atoms with Crippen molar-refractivity contribution in [2.45, 2.75) is 20.5 Å². The minimum Gasteiger partial charge on any atom is -0.486 e. The summed E-state index contributed by atoms with van der Waals surface area (Å²) in [4.78, 5) is 0. The van der Waals surface area contributed by atoms with E-state index < -0.39 is 12.9 Å². The SMILES string of the molecule is Cc1cccc(C)c1COc1cc(B(O)O)ccc1F. The fraction of sp³-hybridized carbons (Fsp3) is 0.200. The van der Waals surface area contributed by atoms with Gasteiger partial charge < -0.3 is 14.8 Å². The molecule has 0 atom stereocenters. The van der Waals surface area contributed by atoms with E-state index in [0.29, 0.717) is 0 Å². The maximum atomic E-state index is 13.6. The van der Waals surface area contributed by atoms with E-state index in [0.717, 1.165) is 22.8 Å². The Hall–Kier alpha value is -1.85. The van der Waals surface area contributed by atoms with Gasteiger partial charge in [-0.25, -0.2) is 4.39 Å². The van der Waals surface area contributed by atoms with Gasteiger partial charge in [0, 0.05) is 0 Å². The zero-order chi connectivity index (χ0) is 14.7. The Morgan fingerprint density at radius 2 is 1.75 bits per heavy atom. The number of halogens is 1. The average molecular weight is 274 g/mol. The third-order valence-electron chi connectivity index (χ3n) is 3.27. The molecule has 5 heteroatoms. The second-order valence-corrected chi connectivity index (χ2v) is 4.72. The fourth-order valence-corrected chi connectivity index (χ4v) is 2.02. The summed E-state index contributed by atoms with van der Waals surface area (Å²) in [6, 6.07) is 9.66. The van der Waals surface area contributed by atoms with Gasteiger partial charge >= 0.3 is 7.12 Å². The van der Waals surface area contributed by atoms with Crippen molar-refractivity contribution in [3.63, 3.8) is 0 Å². The molecule has 0 aliphatic carbocycles. The van der Waals surface area contributed by atoms with Gasteiger partial charge in [-0.3, -0.25) is 0 Å². The zero-order valence-electron chi connectivity index (χ0n) is 11.4. The molecule has 0 aromatic heterocycles. The van der Waals surface area contributed by atoms with Gasteiger partial charge in [0.1, 0.15) is 6.61 Å². The van der Waals surface area contributed by atoms with E-state index in [9.17, 15) is 4.39 Å². The van der Waals surface area contributed by atoms with Gasteiger partial charge in [0.15, 0.2) is 11.6 Å². The molecule has 2 rings (SSSR count). The maximum Gasteiger partial charge on any atom is 0.488 e. The van der Waals surface area contributed by atoms with Crippen molar-refractivity contribution >= 4 is 12.6 Å². The Labute approximate surface area is 117 Å². The monoisotopic (exact) mass is 274 g/mol. The summed E-state index contributed by atoms with van der Waals surface area (Å²) in [6.07, 6.45) is 0. The third-order valence-corrected chi connectivity index (χ3v) is 3.27. The summed E-state index contributed by atoms with van der Waals surface area (Å²) in [7, 11) is -1.64. The summed E-state index contributed by atoms with van der Waals surface area (Å²) < 4.78 is 19.1. The molecule has 0 spiro atoms. The predicted octanol–water partition coefficient (Wildman–Crippen LogP) is 1.70. The van der Waals surface area contributed by atoms with E-state index in [-0.39, 0.29) is 17.8 Å². The molecule has 0 unspecified atom stereocenters. The van der Waals surface area contributed by atoms with Crippen molar-refractivity contribution < 1.29 is 19.2 Å². The van der Waals surface area contributed by atoms with Crippen LogP contribution in [0.4, 0.5) is 4.39 Å². The van der Waals surface area contributed by atoms with Crippen molar-refractivity contribution in [1.82, 2.24) is 0 Å². The van der Waals surface area contributed by atoms with Crippen LogP contribution in [0.5, 0.6) is 5.75 Å². The lowest BCUT2D eigenvalue weighted by atomic mass is 9.80. The molecule has 2 N–H and O–H groups in total. The second kappa shape index (κ2) is 6.07. The lowest BCUT2D eigenvalue weighted by Gasteiger charge is -2.13. The topological polar surface area (TPSA) is 49.7 Å². The van der Waals surface area contributed by atoms with Crippen molar-refractivity contribution in [2.75, 3.05) is 0 Å². The summed E-state index contributed by atoms with van der Waals surface area (Å²) in [5.41, 5.74) is 3.34. The highest BCUT2D eigenvalue weighted by molar-refractivity contribution is 6.58. The van der Waals surface area contributed by atoms with Gasteiger partial charge in [-0.1, -0.05) is 24.3 Å². The normalized spacial score (nSPS) is 10.4. The van der Waals surface area contributed by atoms with Crippen LogP contribution in [-0.4, -0.2) is 17.2 Å². The van der Waals surface area contributed by atoms with Crippen molar-refractivity contribution in [3.8, 4) is 5.75 Å². The number of hydrogen-bond acceptors (Lipinski definition) is 3. The van der Waals surface area contributed by atoms with Crippen LogP contribution < -0.4 is 10.2 Å². The van der Waals surface area contributed by atoms with E-state index in [1.807, 2.05) is 32.0 Å². The second-order valence-electron chi connectivity index (χ2n) is 4.72. The summed E-state index contributed by atoms with van der Waals surface area (Å²) in [5.74, 6) is -0.515. The smallest absolute Gasteiger partial charge is 0.486 e. The highest BCUT2D eigenvalue weighted by atomic mass is 19.1. The number of ether oxygens (including phenoxy) is 1. The quantitative estimate of drug-likeness (QED) is 0.834. The fourth-order valence-electron chi connectivity index (χ4n) is 2.02. The van der Waals surface area contributed by atoms with Gasteiger partial charge in [-0.2, -0.15) is 0 Å². The summed E-state index contributed by atoms with van der Waals surface area (Å²) in [6.45, 7) is 4.17. The molecular weight excluding hydrogens is 258 g/mol. The molecule has 104 valence electrons. The molecule has 0 radical (unpaired) electrons. The Morgan fingerprint density at radius 3 is 2.35 bits per heavy atom. The first-order chi connectivity index (χ1) is 9.49. The van der Waals surface area contributed by atoms with E-state index in [1.165, 1.54) is 12.1 Å². The molecule has 0 aliphatic heterocycles. The van der Waals surface area contributed by atoms with Gasteiger partial charge in [0.05, 0.1) is 0 Å². The van der Waals surface area contributed by atoms with Crippen LogP contribution in [-0.2, 0) is 6.61 Å². The van der Waals surface area contributed by atoms with Gasteiger partial charge in [-0.05, 0) is 48.1 Å². The van der Waals surface area contributed by atoms with Crippen molar-refractivity contribution in [2.24, 2.45) is 0 Å².